The maximum atomic E-state index is 6.57. The van der Waals surface area contributed by atoms with Crippen LogP contribution in [0.1, 0.15) is 65.7 Å². The second-order valence-electron chi connectivity index (χ2n) is 7.47. The third-order valence-corrected chi connectivity index (χ3v) is 5.75. The van der Waals surface area contributed by atoms with Crippen LogP contribution >= 0.6 is 0 Å². The molecule has 0 aliphatic heterocycles. The summed E-state index contributed by atoms with van der Waals surface area (Å²) in [4.78, 5) is 2.65. The molecule has 18 heavy (non-hydrogen) atoms. The Bertz CT molecular complexity index is 274. The fourth-order valence-corrected chi connectivity index (χ4v) is 4.24. The predicted molar refractivity (Wildman–Crippen MR) is 78.6 cm³/mol. The molecule has 0 spiro atoms. The third kappa shape index (κ3) is 2.75. The molecule has 2 aliphatic carbocycles. The Morgan fingerprint density at radius 3 is 2.28 bits per heavy atom. The number of nitrogens with zero attached hydrogens (tertiary/aromatic N) is 1. The maximum absolute atomic E-state index is 6.57. The molecule has 0 aromatic rings. The van der Waals surface area contributed by atoms with Crippen molar-refractivity contribution in [2.75, 3.05) is 7.05 Å². The molecule has 0 amide bonds. The second kappa shape index (κ2) is 5.50. The topological polar surface area (TPSA) is 29.3 Å². The van der Waals surface area contributed by atoms with Crippen LogP contribution < -0.4 is 5.73 Å². The Hall–Kier alpha value is -0.0800. The highest BCUT2D eigenvalue weighted by Crippen LogP contribution is 2.38. The summed E-state index contributed by atoms with van der Waals surface area (Å²) in [7, 11) is 2.33. The maximum Gasteiger partial charge on any atom is 0.0252 e. The zero-order chi connectivity index (χ0) is 13.3. The van der Waals surface area contributed by atoms with Gasteiger partial charge in [-0.25, -0.2) is 0 Å². The van der Waals surface area contributed by atoms with Gasteiger partial charge in [-0.15, -0.1) is 0 Å². The van der Waals surface area contributed by atoms with Crippen molar-refractivity contribution >= 4 is 0 Å². The van der Waals surface area contributed by atoms with E-state index in [1.54, 1.807) is 0 Å². The zero-order valence-electron chi connectivity index (χ0n) is 12.8. The molecule has 0 saturated heterocycles. The van der Waals surface area contributed by atoms with E-state index in [-0.39, 0.29) is 0 Å². The quantitative estimate of drug-likeness (QED) is 0.816. The smallest absolute Gasteiger partial charge is 0.0252 e. The van der Waals surface area contributed by atoms with Crippen LogP contribution in [-0.2, 0) is 0 Å². The van der Waals surface area contributed by atoms with Crippen molar-refractivity contribution in [3.63, 3.8) is 0 Å². The van der Waals surface area contributed by atoms with Gasteiger partial charge in [-0.1, -0.05) is 40.0 Å². The zero-order valence-corrected chi connectivity index (χ0v) is 12.8. The van der Waals surface area contributed by atoms with Gasteiger partial charge >= 0.3 is 0 Å². The van der Waals surface area contributed by atoms with Crippen LogP contribution in [0.3, 0.4) is 0 Å². The summed E-state index contributed by atoms with van der Waals surface area (Å²) in [5, 5.41) is 0. The molecule has 2 nitrogen and oxygen atoms in total. The van der Waals surface area contributed by atoms with Crippen molar-refractivity contribution in [3.05, 3.63) is 0 Å². The molecule has 0 heterocycles. The van der Waals surface area contributed by atoms with Crippen LogP contribution in [0.2, 0.25) is 0 Å². The largest absolute Gasteiger partial charge is 0.326 e. The van der Waals surface area contributed by atoms with Gasteiger partial charge in [-0.3, -0.25) is 4.90 Å². The summed E-state index contributed by atoms with van der Waals surface area (Å²) in [5.74, 6) is 0.848. The highest BCUT2D eigenvalue weighted by atomic mass is 15.2. The van der Waals surface area contributed by atoms with E-state index in [1.807, 2.05) is 0 Å². The SMILES string of the molecule is CC1CCCCC1N(C)C1CCCC(C)(C)C1N. The number of nitrogens with two attached hydrogens (primary N) is 1. The van der Waals surface area contributed by atoms with E-state index < -0.39 is 0 Å². The minimum atomic E-state index is 0.315. The molecule has 4 unspecified atom stereocenters. The van der Waals surface area contributed by atoms with Crippen molar-refractivity contribution in [2.45, 2.75) is 83.8 Å². The lowest BCUT2D eigenvalue weighted by atomic mass is 9.70. The Labute approximate surface area is 113 Å². The van der Waals surface area contributed by atoms with Gasteiger partial charge in [0.1, 0.15) is 0 Å². The molecule has 0 aromatic heterocycles. The Morgan fingerprint density at radius 2 is 1.61 bits per heavy atom. The highest BCUT2D eigenvalue weighted by molar-refractivity contribution is 4.97. The number of rotatable bonds is 2. The first-order chi connectivity index (χ1) is 8.43. The number of likely N-dealkylation sites (N-methyl/N-ethyl adjacent to an activating group) is 1. The molecular formula is C16H32N2. The summed E-state index contributed by atoms with van der Waals surface area (Å²) in [6.07, 6.45) is 9.54. The Kier molecular flexibility index (Phi) is 4.38. The van der Waals surface area contributed by atoms with E-state index in [9.17, 15) is 0 Å². The fourth-order valence-electron chi connectivity index (χ4n) is 4.24. The van der Waals surface area contributed by atoms with Crippen LogP contribution in [-0.4, -0.2) is 30.1 Å². The first-order valence-electron chi connectivity index (χ1n) is 7.91. The Morgan fingerprint density at radius 1 is 1.00 bits per heavy atom. The first-order valence-corrected chi connectivity index (χ1v) is 7.91. The van der Waals surface area contributed by atoms with Crippen molar-refractivity contribution < 1.29 is 0 Å². The molecule has 2 heteroatoms. The fraction of sp³-hybridized carbons (Fsp3) is 1.00. The van der Waals surface area contributed by atoms with Gasteiger partial charge in [0.2, 0.25) is 0 Å². The van der Waals surface area contributed by atoms with Gasteiger partial charge in [-0.05, 0) is 44.1 Å². The first kappa shape index (κ1) is 14.3. The number of hydrogen-bond donors (Lipinski definition) is 1. The lowest BCUT2D eigenvalue weighted by Crippen LogP contribution is -2.59. The standard InChI is InChI=1S/C16H32N2/c1-12-8-5-6-9-13(12)18(4)14-10-7-11-16(2,3)15(14)17/h12-15H,5-11,17H2,1-4H3. The van der Waals surface area contributed by atoms with Crippen molar-refractivity contribution in [1.82, 2.24) is 4.90 Å². The molecule has 2 fully saturated rings. The summed E-state index contributed by atoms with van der Waals surface area (Å²) in [5.41, 5.74) is 6.88. The molecule has 0 radical (unpaired) electrons. The van der Waals surface area contributed by atoms with Crippen molar-refractivity contribution in [2.24, 2.45) is 17.1 Å². The summed E-state index contributed by atoms with van der Waals surface area (Å²) in [6, 6.07) is 1.70. The molecular weight excluding hydrogens is 220 g/mol. The molecule has 2 saturated carbocycles. The van der Waals surface area contributed by atoms with Crippen molar-refractivity contribution in [3.8, 4) is 0 Å². The molecule has 0 aromatic carbocycles. The predicted octanol–water partition coefficient (Wildman–Crippen LogP) is 3.40. The van der Waals surface area contributed by atoms with Crippen LogP contribution in [0.4, 0.5) is 0 Å². The van der Waals surface area contributed by atoms with E-state index >= 15 is 0 Å². The lowest BCUT2D eigenvalue weighted by molar-refractivity contribution is 0.0280. The lowest BCUT2D eigenvalue weighted by Gasteiger charge is -2.49. The van der Waals surface area contributed by atoms with E-state index in [0.29, 0.717) is 17.5 Å². The van der Waals surface area contributed by atoms with Gasteiger partial charge in [-0.2, -0.15) is 0 Å². The van der Waals surface area contributed by atoms with Gasteiger partial charge in [0.05, 0.1) is 0 Å². The molecule has 2 N–H and O–H groups in total. The van der Waals surface area contributed by atoms with E-state index in [1.165, 1.54) is 44.9 Å². The van der Waals surface area contributed by atoms with Crippen molar-refractivity contribution in [1.29, 1.82) is 0 Å². The van der Waals surface area contributed by atoms with E-state index in [4.69, 9.17) is 5.73 Å². The molecule has 2 aliphatic rings. The van der Waals surface area contributed by atoms with Gasteiger partial charge in [0, 0.05) is 18.1 Å². The molecule has 0 bridgehead atoms. The summed E-state index contributed by atoms with van der Waals surface area (Å²) in [6.45, 7) is 7.13. The average Bonchev–Trinajstić information content (AvgIpc) is 2.32. The minimum absolute atomic E-state index is 0.315. The van der Waals surface area contributed by atoms with Gasteiger partial charge < -0.3 is 5.73 Å². The highest BCUT2D eigenvalue weighted by Gasteiger charge is 2.40. The third-order valence-electron chi connectivity index (χ3n) is 5.75. The molecule has 106 valence electrons. The van der Waals surface area contributed by atoms with E-state index in [2.05, 4.69) is 32.7 Å². The molecule has 4 atom stereocenters. The van der Waals surface area contributed by atoms with Crippen LogP contribution in [0.25, 0.3) is 0 Å². The number of hydrogen-bond acceptors (Lipinski definition) is 2. The summed E-state index contributed by atoms with van der Waals surface area (Å²) >= 11 is 0. The summed E-state index contributed by atoms with van der Waals surface area (Å²) < 4.78 is 0. The van der Waals surface area contributed by atoms with E-state index in [0.717, 1.165) is 12.0 Å². The Balaban J connectivity index is 2.05. The average molecular weight is 252 g/mol. The minimum Gasteiger partial charge on any atom is -0.326 e. The van der Waals surface area contributed by atoms with Gasteiger partial charge in [0.25, 0.3) is 0 Å². The van der Waals surface area contributed by atoms with Crippen LogP contribution in [0.5, 0.6) is 0 Å². The van der Waals surface area contributed by atoms with Crippen LogP contribution in [0, 0.1) is 11.3 Å². The normalized spacial score (nSPS) is 41.0. The molecule has 2 rings (SSSR count). The monoisotopic (exact) mass is 252 g/mol. The second-order valence-corrected chi connectivity index (χ2v) is 7.47. The van der Waals surface area contributed by atoms with Gasteiger partial charge in [0.15, 0.2) is 0 Å². The van der Waals surface area contributed by atoms with Crippen LogP contribution in [0.15, 0.2) is 0 Å².